The van der Waals surface area contributed by atoms with Gasteiger partial charge in [0.05, 0.1) is 18.0 Å². The van der Waals surface area contributed by atoms with Gasteiger partial charge in [0.25, 0.3) is 0 Å². The summed E-state index contributed by atoms with van der Waals surface area (Å²) < 4.78 is 19.3. The van der Waals surface area contributed by atoms with E-state index in [-0.39, 0.29) is 21.6 Å². The standard InChI is InChI=1S/C23H44O4Si2/c1-12-25-19(24)23-15-13-22(14-16-23,27-29(10,11)21(5,6)7)17-18(23)26-28(8,9)20(2,3)4/h17H,12-16H2,1-11H3. The van der Waals surface area contributed by atoms with Crippen molar-refractivity contribution in [3.05, 3.63) is 11.8 Å². The van der Waals surface area contributed by atoms with Crippen LogP contribution in [0.3, 0.4) is 0 Å². The first-order valence-electron chi connectivity index (χ1n) is 11.2. The van der Waals surface area contributed by atoms with E-state index in [4.69, 9.17) is 13.6 Å². The molecule has 168 valence electrons. The highest BCUT2D eigenvalue weighted by Crippen LogP contribution is 2.57. The quantitative estimate of drug-likeness (QED) is 0.337. The Balaban J connectivity index is 2.50. The molecule has 1 saturated carbocycles. The minimum Gasteiger partial charge on any atom is -0.546 e. The first-order chi connectivity index (χ1) is 12.9. The summed E-state index contributed by atoms with van der Waals surface area (Å²) in [5.74, 6) is 0.712. The zero-order valence-electron chi connectivity index (χ0n) is 20.7. The Hall–Kier alpha value is -0.596. The van der Waals surface area contributed by atoms with Crippen molar-refractivity contribution < 1.29 is 18.4 Å². The van der Waals surface area contributed by atoms with Gasteiger partial charge >= 0.3 is 5.97 Å². The van der Waals surface area contributed by atoms with Crippen LogP contribution in [0.2, 0.25) is 36.3 Å². The summed E-state index contributed by atoms with van der Waals surface area (Å²) in [6.07, 6.45) is 5.42. The second-order valence-corrected chi connectivity index (χ2v) is 21.6. The predicted molar refractivity (Wildman–Crippen MR) is 125 cm³/mol. The summed E-state index contributed by atoms with van der Waals surface area (Å²) >= 11 is 0. The lowest BCUT2D eigenvalue weighted by Gasteiger charge is -2.55. The Bertz CT molecular complexity index is 657. The van der Waals surface area contributed by atoms with Crippen molar-refractivity contribution >= 4 is 22.6 Å². The molecule has 0 N–H and O–H groups in total. The van der Waals surface area contributed by atoms with Gasteiger partial charge in [-0.15, -0.1) is 0 Å². The number of ether oxygens (including phenoxy) is 1. The van der Waals surface area contributed by atoms with Gasteiger partial charge in [-0.1, -0.05) is 41.5 Å². The van der Waals surface area contributed by atoms with Crippen molar-refractivity contribution in [1.82, 2.24) is 0 Å². The molecule has 0 atom stereocenters. The molecule has 3 rings (SSSR count). The van der Waals surface area contributed by atoms with E-state index >= 15 is 0 Å². The van der Waals surface area contributed by atoms with Crippen molar-refractivity contribution in [1.29, 1.82) is 0 Å². The Morgan fingerprint density at radius 1 is 0.931 bits per heavy atom. The number of rotatable bonds is 6. The average Bonchev–Trinajstić information content (AvgIpc) is 2.52. The Morgan fingerprint density at radius 3 is 1.83 bits per heavy atom. The molecule has 3 aliphatic rings. The van der Waals surface area contributed by atoms with E-state index in [1.54, 1.807) is 0 Å². The highest BCUT2D eigenvalue weighted by Gasteiger charge is 2.59. The highest BCUT2D eigenvalue weighted by molar-refractivity contribution is 6.74. The van der Waals surface area contributed by atoms with E-state index in [0.717, 1.165) is 31.4 Å². The van der Waals surface area contributed by atoms with Crippen molar-refractivity contribution in [2.45, 2.75) is 116 Å². The second-order valence-electron chi connectivity index (χ2n) is 12.1. The molecule has 0 aromatic rings. The minimum absolute atomic E-state index is 0.0633. The lowest BCUT2D eigenvalue weighted by Crippen LogP contribution is -2.57. The maximum Gasteiger partial charge on any atom is 0.319 e. The van der Waals surface area contributed by atoms with Crippen molar-refractivity contribution in [2.24, 2.45) is 5.41 Å². The van der Waals surface area contributed by atoms with E-state index in [1.165, 1.54) is 0 Å². The van der Waals surface area contributed by atoms with E-state index in [9.17, 15) is 4.79 Å². The number of carbonyl (C=O) groups is 1. The largest absolute Gasteiger partial charge is 0.546 e. The molecule has 1 fully saturated rings. The summed E-state index contributed by atoms with van der Waals surface area (Å²) in [4.78, 5) is 13.1. The van der Waals surface area contributed by atoms with Crippen LogP contribution in [0.25, 0.3) is 0 Å². The summed E-state index contributed by atoms with van der Waals surface area (Å²) in [6.45, 7) is 24.9. The number of fused-ring (bicyclic) bond motifs is 2. The molecule has 0 saturated heterocycles. The molecular weight excluding hydrogens is 396 g/mol. The summed E-state index contributed by atoms with van der Waals surface area (Å²) in [5.41, 5.74) is -0.945. The van der Waals surface area contributed by atoms with Crippen LogP contribution in [0, 0.1) is 5.41 Å². The molecule has 0 spiro atoms. The maximum absolute atomic E-state index is 13.1. The van der Waals surface area contributed by atoms with Gasteiger partial charge in [0.1, 0.15) is 5.41 Å². The monoisotopic (exact) mass is 440 g/mol. The van der Waals surface area contributed by atoms with Crippen LogP contribution >= 0.6 is 0 Å². The van der Waals surface area contributed by atoms with Gasteiger partial charge in [-0.2, -0.15) is 0 Å². The van der Waals surface area contributed by atoms with Gasteiger partial charge in [0.15, 0.2) is 8.32 Å². The van der Waals surface area contributed by atoms with Gasteiger partial charge in [0.2, 0.25) is 8.32 Å². The predicted octanol–water partition coefficient (Wildman–Crippen LogP) is 6.79. The van der Waals surface area contributed by atoms with Crippen LogP contribution in [0.1, 0.15) is 74.1 Å². The van der Waals surface area contributed by atoms with E-state index in [2.05, 4.69) is 73.8 Å². The number of hydrogen-bond donors (Lipinski definition) is 0. The molecule has 0 radical (unpaired) electrons. The van der Waals surface area contributed by atoms with Gasteiger partial charge in [0, 0.05) is 0 Å². The lowest BCUT2D eigenvalue weighted by molar-refractivity contribution is -0.160. The van der Waals surface area contributed by atoms with Crippen LogP contribution in [-0.2, 0) is 18.4 Å². The Labute approximate surface area is 181 Å². The molecule has 0 amide bonds. The third-order valence-electron chi connectivity index (χ3n) is 7.92. The van der Waals surface area contributed by atoms with Crippen molar-refractivity contribution in [3.8, 4) is 0 Å². The van der Waals surface area contributed by atoms with Gasteiger partial charge in [-0.3, -0.25) is 4.79 Å². The smallest absolute Gasteiger partial charge is 0.319 e. The third-order valence-corrected chi connectivity index (χ3v) is 16.8. The van der Waals surface area contributed by atoms with Crippen LogP contribution in [-0.4, -0.2) is 34.8 Å². The fourth-order valence-corrected chi connectivity index (χ4v) is 6.49. The zero-order valence-corrected chi connectivity index (χ0v) is 22.7. The Morgan fingerprint density at radius 2 is 1.41 bits per heavy atom. The number of hydrogen-bond acceptors (Lipinski definition) is 4. The fraction of sp³-hybridized carbons (Fsp3) is 0.870. The van der Waals surface area contributed by atoms with Crippen LogP contribution < -0.4 is 0 Å². The van der Waals surface area contributed by atoms with Crippen LogP contribution in [0.5, 0.6) is 0 Å². The van der Waals surface area contributed by atoms with E-state index in [1.807, 2.05) is 6.92 Å². The first kappa shape index (κ1) is 24.7. The highest BCUT2D eigenvalue weighted by atomic mass is 28.4. The van der Waals surface area contributed by atoms with E-state index in [0.29, 0.717) is 6.61 Å². The average molecular weight is 441 g/mol. The van der Waals surface area contributed by atoms with Crippen molar-refractivity contribution in [2.75, 3.05) is 6.61 Å². The van der Waals surface area contributed by atoms with Gasteiger partial charge in [-0.25, -0.2) is 0 Å². The summed E-state index contributed by atoms with van der Waals surface area (Å²) in [6, 6.07) is 0. The first-order valence-corrected chi connectivity index (χ1v) is 17.0. The SMILES string of the molecule is CCOC(=O)C12CCC(O[Si](C)(C)C(C)(C)C)(C=C1O[Si](C)(C)C(C)(C)C)CC2. The summed E-state index contributed by atoms with van der Waals surface area (Å²) in [5, 5.41) is 0.205. The number of carbonyl (C=O) groups excluding carboxylic acids is 1. The molecule has 3 aliphatic carbocycles. The zero-order chi connectivity index (χ0) is 22.5. The topological polar surface area (TPSA) is 44.8 Å². The molecule has 0 heterocycles. The van der Waals surface area contributed by atoms with Gasteiger partial charge in [-0.05, 0) is 74.9 Å². The molecule has 0 aromatic carbocycles. The Kier molecular flexibility index (Phi) is 6.40. The molecule has 6 heteroatoms. The van der Waals surface area contributed by atoms with Crippen LogP contribution in [0.15, 0.2) is 11.8 Å². The van der Waals surface area contributed by atoms with Gasteiger partial charge < -0.3 is 13.6 Å². The maximum atomic E-state index is 13.1. The number of esters is 1. The molecule has 0 unspecified atom stereocenters. The molecular formula is C23H44O4Si2. The molecule has 4 nitrogen and oxygen atoms in total. The lowest BCUT2D eigenvalue weighted by atomic mass is 9.62. The molecule has 0 aromatic heterocycles. The third kappa shape index (κ3) is 4.54. The van der Waals surface area contributed by atoms with E-state index < -0.39 is 22.0 Å². The molecule has 29 heavy (non-hydrogen) atoms. The second kappa shape index (κ2) is 7.52. The van der Waals surface area contributed by atoms with Crippen molar-refractivity contribution in [3.63, 3.8) is 0 Å². The van der Waals surface area contributed by atoms with Crippen LogP contribution in [0.4, 0.5) is 0 Å². The molecule has 0 aliphatic heterocycles. The minimum atomic E-state index is -2.09. The fourth-order valence-electron chi connectivity index (χ4n) is 3.79. The molecule has 2 bridgehead atoms. The summed E-state index contributed by atoms with van der Waals surface area (Å²) in [7, 11) is -4.05. The normalized spacial score (nSPS) is 28.2.